The van der Waals surface area contributed by atoms with Crippen molar-refractivity contribution in [2.75, 3.05) is 0 Å². The third-order valence-electron chi connectivity index (χ3n) is 3.28. The Bertz CT molecular complexity index is 573. The number of nitrogens with zero attached hydrogens (tertiary/aromatic N) is 2. The van der Waals surface area contributed by atoms with Crippen molar-refractivity contribution < 1.29 is 0 Å². The summed E-state index contributed by atoms with van der Waals surface area (Å²) >= 11 is 3.63. The molecule has 3 nitrogen and oxygen atoms in total. The molecule has 102 valence electrons. The minimum absolute atomic E-state index is 0.0415. The fourth-order valence-electron chi connectivity index (χ4n) is 2.09. The highest BCUT2D eigenvalue weighted by Gasteiger charge is 2.11. The van der Waals surface area contributed by atoms with Gasteiger partial charge in [-0.1, -0.05) is 19.9 Å². The van der Waals surface area contributed by atoms with E-state index in [9.17, 15) is 0 Å². The maximum absolute atomic E-state index is 5.91. The van der Waals surface area contributed by atoms with Crippen LogP contribution in [0.4, 0.5) is 0 Å². The van der Waals surface area contributed by atoms with Crippen molar-refractivity contribution in [2.45, 2.75) is 39.7 Å². The molecule has 1 aromatic carbocycles. The quantitative estimate of drug-likeness (QED) is 0.931. The highest BCUT2D eigenvalue weighted by Crippen LogP contribution is 2.26. The van der Waals surface area contributed by atoms with Crippen LogP contribution in [0.1, 0.15) is 43.8 Å². The molecule has 0 fully saturated rings. The van der Waals surface area contributed by atoms with Gasteiger partial charge in [-0.15, -0.1) is 0 Å². The van der Waals surface area contributed by atoms with Crippen molar-refractivity contribution in [1.29, 1.82) is 0 Å². The Kier molecular flexibility index (Phi) is 4.42. The summed E-state index contributed by atoms with van der Waals surface area (Å²) in [5.74, 6) is 0. The van der Waals surface area contributed by atoms with Crippen molar-refractivity contribution in [3.63, 3.8) is 0 Å². The lowest BCUT2D eigenvalue weighted by Gasteiger charge is -2.12. The van der Waals surface area contributed by atoms with Crippen LogP contribution in [-0.4, -0.2) is 9.78 Å². The fourth-order valence-corrected chi connectivity index (χ4v) is 2.65. The van der Waals surface area contributed by atoms with Gasteiger partial charge in [0.2, 0.25) is 0 Å². The largest absolute Gasteiger partial charge is 0.324 e. The van der Waals surface area contributed by atoms with Crippen molar-refractivity contribution in [3.8, 4) is 5.69 Å². The van der Waals surface area contributed by atoms with Crippen LogP contribution in [0.2, 0.25) is 0 Å². The number of rotatable bonds is 4. The van der Waals surface area contributed by atoms with Gasteiger partial charge in [-0.25, -0.2) is 4.68 Å². The van der Waals surface area contributed by atoms with E-state index in [0.29, 0.717) is 0 Å². The summed E-state index contributed by atoms with van der Waals surface area (Å²) in [6.45, 7) is 6.26. The molecule has 0 spiro atoms. The second-order valence-electron chi connectivity index (χ2n) is 4.75. The summed E-state index contributed by atoms with van der Waals surface area (Å²) in [6, 6.07) is 8.43. The Morgan fingerprint density at radius 2 is 2.00 bits per heavy atom. The molecule has 0 saturated heterocycles. The first-order chi connectivity index (χ1) is 9.06. The minimum atomic E-state index is 0.0415. The lowest BCUT2D eigenvalue weighted by atomic mass is 10.1. The molecule has 2 N–H and O–H groups in total. The van der Waals surface area contributed by atoms with Crippen LogP contribution in [-0.2, 0) is 12.8 Å². The van der Waals surface area contributed by atoms with Crippen molar-refractivity contribution >= 4 is 15.9 Å². The molecular formula is C15H20BrN3. The Hall–Kier alpha value is -1.13. The molecule has 1 unspecified atom stereocenters. The number of hydrogen-bond acceptors (Lipinski definition) is 2. The summed E-state index contributed by atoms with van der Waals surface area (Å²) in [7, 11) is 0. The van der Waals surface area contributed by atoms with E-state index in [2.05, 4.69) is 59.1 Å². The summed E-state index contributed by atoms with van der Waals surface area (Å²) < 4.78 is 3.05. The van der Waals surface area contributed by atoms with E-state index in [1.165, 1.54) is 5.69 Å². The molecule has 0 amide bonds. The molecule has 19 heavy (non-hydrogen) atoms. The zero-order valence-corrected chi connectivity index (χ0v) is 13.2. The maximum atomic E-state index is 5.91. The molecule has 0 aliphatic carbocycles. The summed E-state index contributed by atoms with van der Waals surface area (Å²) in [4.78, 5) is 0. The van der Waals surface area contributed by atoms with E-state index in [-0.39, 0.29) is 6.04 Å². The van der Waals surface area contributed by atoms with Gasteiger partial charge in [0.25, 0.3) is 0 Å². The first-order valence-corrected chi connectivity index (χ1v) is 7.49. The van der Waals surface area contributed by atoms with Gasteiger partial charge in [0, 0.05) is 16.2 Å². The zero-order chi connectivity index (χ0) is 14.0. The number of aryl methyl sites for hydroxylation is 2. The van der Waals surface area contributed by atoms with Gasteiger partial charge >= 0.3 is 0 Å². The van der Waals surface area contributed by atoms with Crippen molar-refractivity contribution in [2.24, 2.45) is 5.73 Å². The standard InChI is InChI=1S/C15H20BrN3/c1-4-12-9-13(5-2)19(18-12)15-7-6-11(10(3)17)8-14(15)16/h6-10H,4-5,17H2,1-3H3. The Labute approximate surface area is 122 Å². The minimum Gasteiger partial charge on any atom is -0.324 e. The van der Waals surface area contributed by atoms with Crippen LogP contribution in [0.3, 0.4) is 0 Å². The third kappa shape index (κ3) is 2.90. The molecule has 0 saturated carbocycles. The van der Waals surface area contributed by atoms with E-state index in [1.807, 2.05) is 11.6 Å². The summed E-state index contributed by atoms with van der Waals surface area (Å²) in [5, 5.41) is 4.66. The molecule has 1 aromatic heterocycles. The Morgan fingerprint density at radius 1 is 1.26 bits per heavy atom. The van der Waals surface area contributed by atoms with Crippen molar-refractivity contribution in [3.05, 3.63) is 45.7 Å². The van der Waals surface area contributed by atoms with E-state index >= 15 is 0 Å². The highest BCUT2D eigenvalue weighted by molar-refractivity contribution is 9.10. The Morgan fingerprint density at radius 3 is 2.53 bits per heavy atom. The van der Waals surface area contributed by atoms with Gasteiger partial charge in [-0.05, 0) is 59.5 Å². The second kappa shape index (κ2) is 5.88. The van der Waals surface area contributed by atoms with E-state index in [4.69, 9.17) is 5.73 Å². The number of aromatic nitrogens is 2. The molecule has 1 atom stereocenters. The molecule has 4 heteroatoms. The van der Waals surface area contributed by atoms with E-state index < -0.39 is 0 Å². The smallest absolute Gasteiger partial charge is 0.0791 e. The maximum Gasteiger partial charge on any atom is 0.0791 e. The zero-order valence-electron chi connectivity index (χ0n) is 11.7. The number of halogens is 1. The lowest BCUT2D eigenvalue weighted by molar-refractivity contribution is 0.784. The average molecular weight is 322 g/mol. The van der Waals surface area contributed by atoms with Crippen molar-refractivity contribution in [1.82, 2.24) is 9.78 Å². The monoisotopic (exact) mass is 321 g/mol. The molecule has 2 aromatic rings. The van der Waals surface area contributed by atoms with Crippen LogP contribution in [0.5, 0.6) is 0 Å². The molecule has 1 heterocycles. The topological polar surface area (TPSA) is 43.8 Å². The Balaban J connectivity index is 2.49. The third-order valence-corrected chi connectivity index (χ3v) is 3.92. The van der Waals surface area contributed by atoms with Gasteiger partial charge in [0.05, 0.1) is 11.4 Å². The van der Waals surface area contributed by atoms with Crippen LogP contribution in [0.25, 0.3) is 5.69 Å². The van der Waals surface area contributed by atoms with Gasteiger partial charge in [-0.2, -0.15) is 5.10 Å². The SMILES string of the molecule is CCc1cc(CC)n(-c2ccc(C(C)N)cc2Br)n1. The first-order valence-electron chi connectivity index (χ1n) is 6.70. The van der Waals surface area contributed by atoms with Crippen LogP contribution in [0.15, 0.2) is 28.7 Å². The van der Waals surface area contributed by atoms with Gasteiger partial charge in [-0.3, -0.25) is 0 Å². The molecular weight excluding hydrogens is 302 g/mol. The fraction of sp³-hybridized carbons (Fsp3) is 0.400. The second-order valence-corrected chi connectivity index (χ2v) is 5.60. The molecule has 0 bridgehead atoms. The van der Waals surface area contributed by atoms with Gasteiger partial charge in [0.15, 0.2) is 0 Å². The molecule has 0 aliphatic heterocycles. The normalized spacial score (nSPS) is 12.7. The first kappa shape index (κ1) is 14.3. The molecule has 0 aliphatic rings. The predicted molar refractivity (Wildman–Crippen MR) is 82.6 cm³/mol. The van der Waals surface area contributed by atoms with Gasteiger partial charge in [0.1, 0.15) is 0 Å². The molecule has 0 radical (unpaired) electrons. The van der Waals surface area contributed by atoms with E-state index in [1.54, 1.807) is 0 Å². The van der Waals surface area contributed by atoms with E-state index in [0.717, 1.165) is 34.3 Å². The number of benzene rings is 1. The highest BCUT2D eigenvalue weighted by atomic mass is 79.9. The van der Waals surface area contributed by atoms with Crippen LogP contribution < -0.4 is 5.73 Å². The van der Waals surface area contributed by atoms with Gasteiger partial charge < -0.3 is 5.73 Å². The lowest BCUT2D eigenvalue weighted by Crippen LogP contribution is -2.07. The summed E-state index contributed by atoms with van der Waals surface area (Å²) in [6.07, 6.45) is 1.92. The van der Waals surface area contributed by atoms with Crippen LogP contribution >= 0.6 is 15.9 Å². The molecule has 2 rings (SSSR count). The number of nitrogens with two attached hydrogens (primary N) is 1. The summed E-state index contributed by atoms with van der Waals surface area (Å²) in [5.41, 5.74) is 10.5. The van der Waals surface area contributed by atoms with Crippen LogP contribution in [0, 0.1) is 0 Å². The average Bonchev–Trinajstić information content (AvgIpc) is 2.81. The number of hydrogen-bond donors (Lipinski definition) is 1. The predicted octanol–water partition coefficient (Wildman–Crippen LogP) is 3.78.